The molecule has 0 heterocycles. The number of rotatable bonds is 11. The number of aromatic carboxylic acids is 1. The molecule has 0 bridgehead atoms. The molecule has 0 saturated heterocycles. The molecular formula is C26H24N2O6. The van der Waals surface area contributed by atoms with Crippen LogP contribution in [0.5, 0.6) is 11.5 Å². The normalized spacial score (nSPS) is 12.1. The third-order valence-electron chi connectivity index (χ3n) is 5.06. The van der Waals surface area contributed by atoms with Crippen molar-refractivity contribution in [1.82, 2.24) is 0 Å². The van der Waals surface area contributed by atoms with Crippen LogP contribution in [0.15, 0.2) is 66.7 Å². The van der Waals surface area contributed by atoms with E-state index < -0.39 is 11.7 Å². The lowest BCUT2D eigenvalue weighted by atomic mass is 10.0. The first-order chi connectivity index (χ1) is 16.4. The molecule has 8 nitrogen and oxygen atoms in total. The number of ether oxygens (including phenoxy) is 3. The van der Waals surface area contributed by atoms with E-state index in [1.54, 1.807) is 54.6 Å². The Labute approximate surface area is 197 Å². The monoisotopic (exact) mass is 460 g/mol. The molecule has 1 atom stereocenters. The Balaban J connectivity index is 1.99. The SMILES string of the molecule is CCOc1ccc(OCc2cccc(C(=O)O)c2)c(C(C=O)(Nc2ccc(C#N)cc2)OC)c1. The second kappa shape index (κ2) is 11.0. The molecule has 174 valence electrons. The molecule has 0 saturated carbocycles. The summed E-state index contributed by atoms with van der Waals surface area (Å²) in [5, 5.41) is 21.3. The van der Waals surface area contributed by atoms with Gasteiger partial charge in [-0.25, -0.2) is 4.79 Å². The van der Waals surface area contributed by atoms with E-state index in [1.165, 1.54) is 19.2 Å². The van der Waals surface area contributed by atoms with Gasteiger partial charge in [-0.15, -0.1) is 0 Å². The fourth-order valence-corrected chi connectivity index (χ4v) is 3.35. The highest BCUT2D eigenvalue weighted by molar-refractivity contribution is 5.87. The number of carboxylic acids is 1. The van der Waals surface area contributed by atoms with Gasteiger partial charge in [0.15, 0.2) is 6.29 Å². The zero-order valence-electron chi connectivity index (χ0n) is 18.8. The predicted molar refractivity (Wildman–Crippen MR) is 125 cm³/mol. The molecule has 3 aromatic rings. The maximum absolute atomic E-state index is 12.4. The third kappa shape index (κ3) is 5.52. The van der Waals surface area contributed by atoms with Crippen LogP contribution in [0.3, 0.4) is 0 Å². The van der Waals surface area contributed by atoms with Crippen molar-refractivity contribution in [2.24, 2.45) is 0 Å². The van der Waals surface area contributed by atoms with Crippen molar-refractivity contribution in [3.05, 3.63) is 89.0 Å². The first-order valence-corrected chi connectivity index (χ1v) is 10.5. The average Bonchev–Trinajstić information content (AvgIpc) is 2.87. The molecule has 2 N–H and O–H groups in total. The predicted octanol–water partition coefficient (Wildman–Crippen LogP) is 4.34. The van der Waals surface area contributed by atoms with Gasteiger partial charge in [-0.1, -0.05) is 12.1 Å². The number of methoxy groups -OCH3 is 1. The van der Waals surface area contributed by atoms with Crippen LogP contribution in [0.1, 0.15) is 34.0 Å². The van der Waals surface area contributed by atoms with Crippen LogP contribution in [0, 0.1) is 11.3 Å². The van der Waals surface area contributed by atoms with Gasteiger partial charge in [0.2, 0.25) is 5.72 Å². The Morgan fingerprint density at radius 2 is 1.88 bits per heavy atom. The quantitative estimate of drug-likeness (QED) is 0.320. The van der Waals surface area contributed by atoms with Gasteiger partial charge < -0.3 is 24.6 Å². The molecule has 0 fully saturated rings. The van der Waals surface area contributed by atoms with E-state index in [1.807, 2.05) is 13.0 Å². The highest BCUT2D eigenvalue weighted by Gasteiger charge is 2.36. The van der Waals surface area contributed by atoms with E-state index in [0.717, 1.165) is 0 Å². The van der Waals surface area contributed by atoms with Crippen molar-refractivity contribution in [3.8, 4) is 17.6 Å². The number of nitrogens with one attached hydrogen (secondary N) is 1. The third-order valence-corrected chi connectivity index (χ3v) is 5.06. The van der Waals surface area contributed by atoms with Gasteiger partial charge in [-0.3, -0.25) is 4.79 Å². The Morgan fingerprint density at radius 1 is 1.12 bits per heavy atom. The maximum atomic E-state index is 12.4. The van der Waals surface area contributed by atoms with Crippen LogP contribution in [0.2, 0.25) is 0 Å². The smallest absolute Gasteiger partial charge is 0.335 e. The highest BCUT2D eigenvalue weighted by Crippen LogP contribution is 2.36. The minimum Gasteiger partial charge on any atom is -0.494 e. The van der Waals surface area contributed by atoms with E-state index in [4.69, 9.17) is 19.5 Å². The van der Waals surface area contributed by atoms with E-state index in [0.29, 0.717) is 46.8 Å². The topological polar surface area (TPSA) is 118 Å². The summed E-state index contributed by atoms with van der Waals surface area (Å²) in [7, 11) is 1.39. The fourth-order valence-electron chi connectivity index (χ4n) is 3.35. The summed E-state index contributed by atoms with van der Waals surface area (Å²) in [4.78, 5) is 23.7. The lowest BCUT2D eigenvalue weighted by Gasteiger charge is -2.31. The molecular weight excluding hydrogens is 436 g/mol. The molecule has 0 radical (unpaired) electrons. The second-order valence-corrected chi connectivity index (χ2v) is 7.26. The molecule has 1 unspecified atom stereocenters. The van der Waals surface area contributed by atoms with Gasteiger partial charge in [0.25, 0.3) is 0 Å². The van der Waals surface area contributed by atoms with E-state index in [-0.39, 0.29) is 12.2 Å². The molecule has 3 rings (SSSR count). The second-order valence-electron chi connectivity index (χ2n) is 7.26. The van der Waals surface area contributed by atoms with E-state index in [9.17, 15) is 14.7 Å². The molecule has 0 aliphatic rings. The van der Waals surface area contributed by atoms with E-state index >= 15 is 0 Å². The van der Waals surface area contributed by atoms with Crippen molar-refractivity contribution in [2.45, 2.75) is 19.3 Å². The van der Waals surface area contributed by atoms with Crippen LogP contribution in [-0.2, 0) is 21.9 Å². The molecule has 3 aromatic carbocycles. The highest BCUT2D eigenvalue weighted by atomic mass is 16.5. The molecule has 0 aromatic heterocycles. The van der Waals surface area contributed by atoms with Gasteiger partial charge in [0.1, 0.15) is 18.1 Å². The summed E-state index contributed by atoms with van der Waals surface area (Å²) in [5.74, 6) is -0.170. The number of hydrogen-bond donors (Lipinski definition) is 2. The fraction of sp³-hybridized carbons (Fsp3) is 0.192. The number of carbonyl (C=O) groups excluding carboxylic acids is 1. The van der Waals surface area contributed by atoms with Crippen LogP contribution in [0.4, 0.5) is 5.69 Å². The van der Waals surface area contributed by atoms with Gasteiger partial charge in [-0.2, -0.15) is 5.26 Å². The summed E-state index contributed by atoms with van der Waals surface area (Å²) < 4.78 is 17.3. The molecule has 0 spiro atoms. The molecule has 0 amide bonds. The number of benzene rings is 3. The largest absolute Gasteiger partial charge is 0.494 e. The Hall–Kier alpha value is -4.35. The number of carbonyl (C=O) groups is 2. The standard InChI is InChI=1S/C26H24N2O6/c1-3-33-22-11-12-24(34-16-19-5-4-6-20(13-19)25(30)31)23(14-22)26(17-29,32-2)28-21-9-7-18(15-27)8-10-21/h4-14,17,28H,3,16H2,1-2H3,(H,30,31). The maximum Gasteiger partial charge on any atom is 0.335 e. The summed E-state index contributed by atoms with van der Waals surface area (Å²) >= 11 is 0. The van der Waals surface area contributed by atoms with E-state index in [2.05, 4.69) is 5.32 Å². The van der Waals surface area contributed by atoms with Crippen LogP contribution in [-0.4, -0.2) is 31.1 Å². The molecule has 8 heteroatoms. The van der Waals surface area contributed by atoms with Crippen LogP contribution >= 0.6 is 0 Å². The Morgan fingerprint density at radius 3 is 2.50 bits per heavy atom. The number of nitriles is 1. The lowest BCUT2D eigenvalue weighted by molar-refractivity contribution is -0.125. The Kier molecular flexibility index (Phi) is 7.85. The lowest BCUT2D eigenvalue weighted by Crippen LogP contribution is -2.39. The molecule has 34 heavy (non-hydrogen) atoms. The van der Waals surface area contributed by atoms with Crippen molar-refractivity contribution >= 4 is 17.9 Å². The van der Waals surface area contributed by atoms with Crippen LogP contribution < -0.4 is 14.8 Å². The average molecular weight is 460 g/mol. The first kappa shape index (κ1) is 24.3. The number of anilines is 1. The number of hydrogen-bond acceptors (Lipinski definition) is 7. The first-order valence-electron chi connectivity index (χ1n) is 10.5. The number of aldehydes is 1. The minimum absolute atomic E-state index is 0.0671. The zero-order valence-corrected chi connectivity index (χ0v) is 18.8. The molecule has 0 aliphatic heterocycles. The van der Waals surface area contributed by atoms with Gasteiger partial charge in [0, 0.05) is 12.8 Å². The van der Waals surface area contributed by atoms with Crippen molar-refractivity contribution in [3.63, 3.8) is 0 Å². The van der Waals surface area contributed by atoms with Crippen molar-refractivity contribution < 1.29 is 28.9 Å². The number of carboxylic acid groups (broad SMARTS) is 1. The zero-order chi connectivity index (χ0) is 24.6. The van der Waals surface area contributed by atoms with Gasteiger partial charge in [0.05, 0.1) is 29.4 Å². The minimum atomic E-state index is -1.63. The van der Waals surface area contributed by atoms with Gasteiger partial charge in [-0.05, 0) is 67.1 Å². The summed E-state index contributed by atoms with van der Waals surface area (Å²) in [6.07, 6.45) is 0.619. The number of nitrogens with zero attached hydrogens (tertiary/aromatic N) is 1. The van der Waals surface area contributed by atoms with Gasteiger partial charge >= 0.3 is 5.97 Å². The Bertz CT molecular complexity index is 1200. The summed E-state index contributed by atoms with van der Waals surface area (Å²) in [6, 6.07) is 20.1. The van der Waals surface area contributed by atoms with Crippen molar-refractivity contribution in [1.29, 1.82) is 5.26 Å². The summed E-state index contributed by atoms with van der Waals surface area (Å²) in [5.41, 5.74) is 0.568. The summed E-state index contributed by atoms with van der Waals surface area (Å²) in [6.45, 7) is 2.33. The van der Waals surface area contributed by atoms with Crippen molar-refractivity contribution in [2.75, 3.05) is 19.0 Å². The van der Waals surface area contributed by atoms with Crippen LogP contribution in [0.25, 0.3) is 0 Å². The molecule has 0 aliphatic carbocycles.